The minimum Gasteiger partial charge on any atom is -0.481 e. The molecular weight excluding hydrogens is 362 g/mol. The summed E-state index contributed by atoms with van der Waals surface area (Å²) in [7, 11) is 0. The number of carbonyl (C=O) groups is 1. The third-order valence-corrected chi connectivity index (χ3v) is 4.82. The van der Waals surface area contributed by atoms with Crippen LogP contribution in [0.4, 0.5) is 0 Å². The van der Waals surface area contributed by atoms with Gasteiger partial charge in [0.2, 0.25) is 5.89 Å². The number of rotatable bonds is 8. The Morgan fingerprint density at radius 3 is 2.67 bits per heavy atom. The minimum absolute atomic E-state index is 0.0997. The highest BCUT2D eigenvalue weighted by Crippen LogP contribution is 2.24. The zero-order valence-electron chi connectivity index (χ0n) is 15.3. The lowest BCUT2D eigenvalue weighted by Crippen LogP contribution is -1.97. The van der Waals surface area contributed by atoms with E-state index >= 15 is 0 Å². The zero-order chi connectivity index (χ0) is 19.2. The molecule has 6 heteroatoms. The number of hydrogen-bond acceptors (Lipinski definition) is 5. The molecule has 0 radical (unpaired) electrons. The maximum atomic E-state index is 10.5. The van der Waals surface area contributed by atoms with Crippen LogP contribution in [0.3, 0.4) is 0 Å². The normalized spacial score (nSPS) is 11.3. The lowest BCUT2D eigenvalue weighted by atomic mass is 10.1. The lowest BCUT2D eigenvalue weighted by molar-refractivity contribution is -0.133. The Bertz CT molecular complexity index is 938. The van der Waals surface area contributed by atoms with E-state index in [2.05, 4.69) is 4.98 Å². The Kier molecular flexibility index (Phi) is 6.19. The highest BCUT2D eigenvalue weighted by atomic mass is 32.2. The van der Waals surface area contributed by atoms with Gasteiger partial charge in [-0.25, -0.2) is 4.98 Å². The summed E-state index contributed by atoms with van der Waals surface area (Å²) in [5.41, 5.74) is 3.00. The van der Waals surface area contributed by atoms with Gasteiger partial charge in [0.05, 0.1) is 17.9 Å². The van der Waals surface area contributed by atoms with Gasteiger partial charge in [0.25, 0.3) is 0 Å². The summed E-state index contributed by atoms with van der Waals surface area (Å²) in [5.74, 6) is 2.86. The molecule has 0 aliphatic rings. The molecule has 2 aromatic heterocycles. The summed E-state index contributed by atoms with van der Waals surface area (Å²) in [5, 5.41) is 8.61. The SMILES string of the molecule is Cc1ccc(-c2nc(Cc3ccc(/C=C/CSCC(=O)O)o3)c(C)o2)cc1. The third-order valence-electron chi connectivity index (χ3n) is 3.94. The number of nitrogens with zero attached hydrogens (tertiary/aromatic N) is 1. The standard InChI is InChI=1S/C21H21NO4S/c1-14-5-7-16(8-6-14)21-22-19(15(2)25-21)12-18-10-9-17(26-18)4-3-11-27-13-20(23)24/h3-10H,11-13H2,1-2H3,(H,23,24)/b4-3+. The molecule has 0 amide bonds. The molecule has 27 heavy (non-hydrogen) atoms. The van der Waals surface area contributed by atoms with Crippen LogP contribution in [-0.2, 0) is 11.2 Å². The average Bonchev–Trinajstić information content (AvgIpc) is 3.22. The first-order chi connectivity index (χ1) is 13.0. The second-order valence-corrected chi connectivity index (χ2v) is 7.21. The topological polar surface area (TPSA) is 76.5 Å². The smallest absolute Gasteiger partial charge is 0.313 e. The Labute approximate surface area is 162 Å². The van der Waals surface area contributed by atoms with Crippen LogP contribution < -0.4 is 0 Å². The fourth-order valence-electron chi connectivity index (χ4n) is 2.53. The van der Waals surface area contributed by atoms with Crippen LogP contribution in [-0.4, -0.2) is 27.6 Å². The summed E-state index contributed by atoms with van der Waals surface area (Å²) in [6, 6.07) is 11.9. The van der Waals surface area contributed by atoms with Gasteiger partial charge < -0.3 is 13.9 Å². The van der Waals surface area contributed by atoms with Gasteiger partial charge in [-0.15, -0.1) is 11.8 Å². The summed E-state index contributed by atoms with van der Waals surface area (Å²) in [6.07, 6.45) is 4.31. The first kappa shape index (κ1) is 19.0. The fraction of sp³-hybridized carbons (Fsp3) is 0.238. The highest BCUT2D eigenvalue weighted by Gasteiger charge is 2.13. The van der Waals surface area contributed by atoms with Crippen LogP contribution in [0.2, 0.25) is 0 Å². The van der Waals surface area contributed by atoms with E-state index in [-0.39, 0.29) is 5.75 Å². The molecular formula is C21H21NO4S. The zero-order valence-corrected chi connectivity index (χ0v) is 16.1. The number of aromatic nitrogens is 1. The van der Waals surface area contributed by atoms with Gasteiger partial charge in [-0.1, -0.05) is 23.8 Å². The minimum atomic E-state index is -0.804. The van der Waals surface area contributed by atoms with Crippen molar-refractivity contribution >= 4 is 23.8 Å². The number of hydrogen-bond donors (Lipinski definition) is 1. The fourth-order valence-corrected chi connectivity index (χ4v) is 3.06. The summed E-state index contributed by atoms with van der Waals surface area (Å²) < 4.78 is 11.6. The molecule has 5 nitrogen and oxygen atoms in total. The van der Waals surface area contributed by atoms with Gasteiger partial charge in [0.15, 0.2) is 0 Å². The van der Waals surface area contributed by atoms with Gasteiger partial charge in [0.1, 0.15) is 17.3 Å². The number of carboxylic acids is 1. The van der Waals surface area contributed by atoms with Crippen LogP contribution >= 0.6 is 11.8 Å². The molecule has 2 heterocycles. The van der Waals surface area contributed by atoms with E-state index in [1.165, 1.54) is 17.3 Å². The second kappa shape index (κ2) is 8.77. The van der Waals surface area contributed by atoms with Crippen molar-refractivity contribution in [2.75, 3.05) is 11.5 Å². The van der Waals surface area contributed by atoms with Crippen molar-refractivity contribution in [2.45, 2.75) is 20.3 Å². The number of aliphatic carboxylic acids is 1. The Balaban J connectivity index is 1.63. The predicted octanol–water partition coefficient (Wildman–Crippen LogP) is 4.97. The van der Waals surface area contributed by atoms with Gasteiger partial charge in [0, 0.05) is 11.3 Å². The van der Waals surface area contributed by atoms with Crippen molar-refractivity contribution in [3.05, 3.63) is 71.0 Å². The van der Waals surface area contributed by atoms with E-state index in [9.17, 15) is 4.79 Å². The molecule has 1 aromatic carbocycles. The van der Waals surface area contributed by atoms with Crippen molar-refractivity contribution in [3.63, 3.8) is 0 Å². The predicted molar refractivity (Wildman–Crippen MR) is 107 cm³/mol. The molecule has 0 aliphatic carbocycles. The van der Waals surface area contributed by atoms with E-state index in [1.807, 2.05) is 62.4 Å². The van der Waals surface area contributed by atoms with E-state index < -0.39 is 5.97 Å². The number of furan rings is 1. The summed E-state index contributed by atoms with van der Waals surface area (Å²) >= 11 is 1.34. The first-order valence-electron chi connectivity index (χ1n) is 8.59. The van der Waals surface area contributed by atoms with Crippen molar-refractivity contribution in [2.24, 2.45) is 0 Å². The molecule has 0 atom stereocenters. The van der Waals surface area contributed by atoms with Crippen LogP contribution in [0, 0.1) is 13.8 Å². The molecule has 0 spiro atoms. The lowest BCUT2D eigenvalue weighted by Gasteiger charge is -1.95. The van der Waals surface area contributed by atoms with Gasteiger partial charge in [-0.2, -0.15) is 0 Å². The van der Waals surface area contributed by atoms with Gasteiger partial charge >= 0.3 is 5.97 Å². The second-order valence-electron chi connectivity index (χ2n) is 6.18. The van der Waals surface area contributed by atoms with Crippen LogP contribution in [0.1, 0.15) is 28.5 Å². The maximum Gasteiger partial charge on any atom is 0.313 e. The summed E-state index contributed by atoms with van der Waals surface area (Å²) in [6.45, 7) is 3.95. The molecule has 0 unspecified atom stereocenters. The Hall–Kier alpha value is -2.73. The Morgan fingerprint density at radius 2 is 1.93 bits per heavy atom. The molecule has 3 aromatic rings. The number of thioether (sulfide) groups is 1. The molecule has 0 aliphatic heterocycles. The monoisotopic (exact) mass is 383 g/mol. The van der Waals surface area contributed by atoms with Gasteiger partial charge in [-0.3, -0.25) is 4.79 Å². The number of carboxylic acid groups (broad SMARTS) is 1. The van der Waals surface area contributed by atoms with Crippen molar-refractivity contribution in [3.8, 4) is 11.5 Å². The average molecular weight is 383 g/mol. The molecule has 0 saturated carbocycles. The molecule has 0 fully saturated rings. The summed E-state index contributed by atoms with van der Waals surface area (Å²) in [4.78, 5) is 15.1. The van der Waals surface area contributed by atoms with Crippen molar-refractivity contribution in [1.82, 2.24) is 4.98 Å². The number of aryl methyl sites for hydroxylation is 2. The third kappa shape index (κ3) is 5.37. The quantitative estimate of drug-likeness (QED) is 0.553. The van der Waals surface area contributed by atoms with E-state index in [1.54, 1.807) is 0 Å². The number of benzene rings is 1. The first-order valence-corrected chi connectivity index (χ1v) is 9.75. The van der Waals surface area contributed by atoms with Gasteiger partial charge in [-0.05, 0) is 44.2 Å². The van der Waals surface area contributed by atoms with E-state index in [4.69, 9.17) is 13.9 Å². The molecule has 0 bridgehead atoms. The van der Waals surface area contributed by atoms with E-state index in [0.717, 1.165) is 28.5 Å². The van der Waals surface area contributed by atoms with Crippen molar-refractivity contribution < 1.29 is 18.7 Å². The largest absolute Gasteiger partial charge is 0.481 e. The van der Waals surface area contributed by atoms with Crippen LogP contribution in [0.5, 0.6) is 0 Å². The number of oxazole rings is 1. The Morgan fingerprint density at radius 1 is 1.15 bits per heavy atom. The van der Waals surface area contributed by atoms with Crippen LogP contribution in [0.25, 0.3) is 17.5 Å². The van der Waals surface area contributed by atoms with Crippen LogP contribution in [0.15, 0.2) is 51.3 Å². The van der Waals surface area contributed by atoms with E-state index in [0.29, 0.717) is 18.1 Å². The van der Waals surface area contributed by atoms with Crippen molar-refractivity contribution in [1.29, 1.82) is 0 Å². The maximum absolute atomic E-state index is 10.5. The molecule has 3 rings (SSSR count). The highest BCUT2D eigenvalue weighted by molar-refractivity contribution is 8.00. The molecule has 140 valence electrons. The molecule has 1 N–H and O–H groups in total. The molecule has 0 saturated heterocycles.